The number of hydrogen-bond donors (Lipinski definition) is 0. The van der Waals surface area contributed by atoms with Crippen LogP contribution in [0.2, 0.25) is 0 Å². The van der Waals surface area contributed by atoms with Gasteiger partial charge >= 0.3 is 0 Å². The Morgan fingerprint density at radius 2 is 2.17 bits per heavy atom. The molecule has 7 heteroatoms. The molecular weight excluding hydrogens is 402 g/mol. The van der Waals surface area contributed by atoms with Gasteiger partial charge < -0.3 is 23.8 Å². The number of nitrogens with zero attached hydrogens (tertiary/aromatic N) is 1. The zero-order chi connectivity index (χ0) is 21.0. The maximum absolute atomic E-state index is 13.1. The van der Waals surface area contributed by atoms with Gasteiger partial charge in [0, 0.05) is 25.1 Å². The first-order chi connectivity index (χ1) is 14.6. The Bertz CT molecular complexity index is 843. The quantitative estimate of drug-likeness (QED) is 0.601. The minimum Gasteiger partial charge on any atom is -0.493 e. The molecule has 2 aliphatic heterocycles. The molecule has 1 atom stereocenters. The van der Waals surface area contributed by atoms with Gasteiger partial charge in [0.1, 0.15) is 0 Å². The molecule has 1 aromatic carbocycles. The van der Waals surface area contributed by atoms with E-state index >= 15 is 0 Å². The van der Waals surface area contributed by atoms with E-state index in [1.165, 1.54) is 11.3 Å². The minimum absolute atomic E-state index is 0.0397. The van der Waals surface area contributed by atoms with E-state index in [0.29, 0.717) is 44.4 Å². The van der Waals surface area contributed by atoms with Crippen molar-refractivity contribution in [3.05, 3.63) is 46.2 Å². The van der Waals surface area contributed by atoms with Gasteiger partial charge in [-0.15, -0.1) is 11.3 Å². The van der Waals surface area contributed by atoms with Gasteiger partial charge in [-0.05, 0) is 42.0 Å². The first-order valence-electron chi connectivity index (χ1n) is 10.4. The molecule has 1 unspecified atom stereocenters. The van der Waals surface area contributed by atoms with Gasteiger partial charge in [-0.2, -0.15) is 0 Å². The summed E-state index contributed by atoms with van der Waals surface area (Å²) in [7, 11) is 1.64. The van der Waals surface area contributed by atoms with Crippen molar-refractivity contribution in [3.63, 3.8) is 0 Å². The van der Waals surface area contributed by atoms with E-state index in [1.54, 1.807) is 7.11 Å². The third kappa shape index (κ3) is 4.96. The van der Waals surface area contributed by atoms with Crippen LogP contribution in [0.25, 0.3) is 0 Å². The SMILES string of the molecule is COc1ccc(CN(CC2CCCO2)C(=O)c2cccs2)cc1OCC1(C)COC1. The molecular formula is C23H29NO5S. The van der Waals surface area contributed by atoms with E-state index in [9.17, 15) is 4.79 Å². The Kier molecular flexibility index (Phi) is 6.61. The molecule has 0 spiro atoms. The Hall–Kier alpha value is -2.09. The Labute approximate surface area is 181 Å². The second kappa shape index (κ2) is 9.37. The summed E-state index contributed by atoms with van der Waals surface area (Å²) in [6.07, 6.45) is 2.14. The van der Waals surface area contributed by atoms with Crippen molar-refractivity contribution < 1.29 is 23.7 Å². The highest BCUT2D eigenvalue weighted by molar-refractivity contribution is 7.12. The van der Waals surface area contributed by atoms with Gasteiger partial charge in [-0.3, -0.25) is 4.79 Å². The molecule has 6 nitrogen and oxygen atoms in total. The molecule has 0 radical (unpaired) electrons. The van der Waals surface area contributed by atoms with E-state index in [2.05, 4.69) is 6.92 Å². The van der Waals surface area contributed by atoms with E-state index in [1.807, 2.05) is 40.6 Å². The summed E-state index contributed by atoms with van der Waals surface area (Å²) in [6.45, 7) is 6.00. The van der Waals surface area contributed by atoms with Gasteiger partial charge in [0.2, 0.25) is 0 Å². The van der Waals surface area contributed by atoms with Crippen LogP contribution in [0.3, 0.4) is 0 Å². The fourth-order valence-corrected chi connectivity index (χ4v) is 4.44. The van der Waals surface area contributed by atoms with Crippen LogP contribution >= 0.6 is 11.3 Å². The van der Waals surface area contributed by atoms with E-state index < -0.39 is 0 Å². The molecule has 3 heterocycles. The molecule has 0 N–H and O–H groups in total. The summed E-state index contributed by atoms with van der Waals surface area (Å²) in [6, 6.07) is 9.66. The zero-order valence-electron chi connectivity index (χ0n) is 17.6. The molecule has 30 heavy (non-hydrogen) atoms. The number of benzene rings is 1. The number of carbonyl (C=O) groups excluding carboxylic acids is 1. The number of carbonyl (C=O) groups is 1. The average Bonchev–Trinajstić information content (AvgIpc) is 3.44. The van der Waals surface area contributed by atoms with Crippen molar-refractivity contribution in [2.24, 2.45) is 5.41 Å². The van der Waals surface area contributed by atoms with Crippen molar-refractivity contribution in [2.75, 3.05) is 40.1 Å². The van der Waals surface area contributed by atoms with E-state index in [-0.39, 0.29) is 17.4 Å². The molecule has 0 aliphatic carbocycles. The molecule has 4 rings (SSSR count). The molecule has 0 bridgehead atoms. The normalized spacial score (nSPS) is 19.9. The topological polar surface area (TPSA) is 57.2 Å². The number of amides is 1. The van der Waals surface area contributed by atoms with Gasteiger partial charge in [0.15, 0.2) is 11.5 Å². The lowest BCUT2D eigenvalue weighted by Gasteiger charge is -2.37. The highest BCUT2D eigenvalue weighted by atomic mass is 32.1. The maximum Gasteiger partial charge on any atom is 0.264 e. The van der Waals surface area contributed by atoms with Crippen LogP contribution in [0.1, 0.15) is 35.0 Å². The van der Waals surface area contributed by atoms with Gasteiger partial charge in [-0.1, -0.05) is 19.1 Å². The third-order valence-corrected chi connectivity index (χ3v) is 6.40. The lowest BCUT2D eigenvalue weighted by molar-refractivity contribution is -0.120. The maximum atomic E-state index is 13.1. The molecule has 1 amide bonds. The highest BCUT2D eigenvalue weighted by Crippen LogP contribution is 2.33. The lowest BCUT2D eigenvalue weighted by atomic mass is 9.90. The summed E-state index contributed by atoms with van der Waals surface area (Å²) >= 11 is 1.47. The third-order valence-electron chi connectivity index (χ3n) is 5.55. The van der Waals surface area contributed by atoms with Crippen LogP contribution in [-0.4, -0.2) is 57.0 Å². The summed E-state index contributed by atoms with van der Waals surface area (Å²) in [5.74, 6) is 1.43. The van der Waals surface area contributed by atoms with E-state index in [4.69, 9.17) is 18.9 Å². The van der Waals surface area contributed by atoms with Crippen molar-refractivity contribution in [2.45, 2.75) is 32.4 Å². The summed E-state index contributed by atoms with van der Waals surface area (Å²) in [5.41, 5.74) is 1.05. The summed E-state index contributed by atoms with van der Waals surface area (Å²) < 4.78 is 22.7. The smallest absolute Gasteiger partial charge is 0.264 e. The Morgan fingerprint density at radius 1 is 1.30 bits per heavy atom. The number of hydrogen-bond acceptors (Lipinski definition) is 6. The first kappa shape index (κ1) is 21.2. The van der Waals surface area contributed by atoms with Gasteiger partial charge in [0.25, 0.3) is 5.91 Å². The molecule has 162 valence electrons. The number of ether oxygens (including phenoxy) is 4. The van der Waals surface area contributed by atoms with Crippen LogP contribution < -0.4 is 9.47 Å². The first-order valence-corrected chi connectivity index (χ1v) is 11.3. The molecule has 2 aromatic rings. The van der Waals surface area contributed by atoms with Crippen molar-refractivity contribution in [1.29, 1.82) is 0 Å². The van der Waals surface area contributed by atoms with Crippen LogP contribution in [0.15, 0.2) is 35.7 Å². The number of methoxy groups -OCH3 is 1. The second-order valence-electron chi connectivity index (χ2n) is 8.38. The highest BCUT2D eigenvalue weighted by Gasteiger charge is 2.34. The number of thiophene rings is 1. The number of rotatable bonds is 9. The lowest BCUT2D eigenvalue weighted by Crippen LogP contribution is -2.44. The fourth-order valence-electron chi connectivity index (χ4n) is 3.75. The standard InChI is InChI=1S/C23H29NO5S/c1-23(14-27-15-23)16-29-20-11-17(7-8-19(20)26-2)12-24(13-18-5-3-9-28-18)22(25)21-6-4-10-30-21/h4,6-8,10-11,18H,3,5,9,12-16H2,1-2H3. The molecule has 2 fully saturated rings. The Morgan fingerprint density at radius 3 is 2.80 bits per heavy atom. The zero-order valence-corrected chi connectivity index (χ0v) is 18.4. The van der Waals surface area contributed by atoms with Crippen molar-refractivity contribution >= 4 is 17.2 Å². The van der Waals surface area contributed by atoms with Gasteiger partial charge in [-0.25, -0.2) is 0 Å². The average molecular weight is 432 g/mol. The van der Waals surface area contributed by atoms with Crippen LogP contribution in [0.5, 0.6) is 11.5 Å². The largest absolute Gasteiger partial charge is 0.493 e. The van der Waals surface area contributed by atoms with Crippen molar-refractivity contribution in [3.8, 4) is 11.5 Å². The predicted octanol–water partition coefficient (Wildman–Crippen LogP) is 3.99. The predicted molar refractivity (Wildman–Crippen MR) is 115 cm³/mol. The van der Waals surface area contributed by atoms with Crippen LogP contribution in [0, 0.1) is 5.41 Å². The second-order valence-corrected chi connectivity index (χ2v) is 9.32. The Balaban J connectivity index is 1.50. The minimum atomic E-state index is 0.0397. The monoisotopic (exact) mass is 431 g/mol. The molecule has 2 saturated heterocycles. The molecule has 0 saturated carbocycles. The van der Waals surface area contributed by atoms with Gasteiger partial charge in [0.05, 0.1) is 37.9 Å². The van der Waals surface area contributed by atoms with Crippen molar-refractivity contribution in [1.82, 2.24) is 4.90 Å². The summed E-state index contributed by atoms with van der Waals surface area (Å²) in [4.78, 5) is 15.8. The van der Waals surface area contributed by atoms with E-state index in [0.717, 1.165) is 29.9 Å². The molecule has 2 aliphatic rings. The van der Waals surface area contributed by atoms with Crippen LogP contribution in [-0.2, 0) is 16.0 Å². The summed E-state index contributed by atoms with van der Waals surface area (Å²) in [5, 5.41) is 1.93. The fraction of sp³-hybridized carbons (Fsp3) is 0.522. The van der Waals surface area contributed by atoms with Crippen LogP contribution in [0.4, 0.5) is 0 Å². The molecule has 1 aromatic heterocycles.